The minimum absolute atomic E-state index is 0.154. The number of para-hydroxylation sites is 1. The topological polar surface area (TPSA) is 58.3 Å². The molecule has 0 amide bonds. The molecule has 0 unspecified atom stereocenters. The standard InChI is InChI=1S/C9H8N2O2/c12-9-4-2-1-3-7(9)8-5-6-11(13)10-8/h1-6,12-13H. The quantitative estimate of drug-likeness (QED) is 0.647. The maximum atomic E-state index is 9.44. The third-order valence-electron chi connectivity index (χ3n) is 1.76. The molecule has 0 aliphatic rings. The minimum atomic E-state index is 0.154. The van der Waals surface area contributed by atoms with Gasteiger partial charge in [-0.25, -0.2) is 0 Å². The Kier molecular flexibility index (Phi) is 1.66. The molecule has 1 aromatic heterocycles. The Morgan fingerprint density at radius 3 is 2.54 bits per heavy atom. The van der Waals surface area contributed by atoms with Gasteiger partial charge >= 0.3 is 0 Å². The zero-order valence-electron chi connectivity index (χ0n) is 6.75. The van der Waals surface area contributed by atoms with E-state index in [-0.39, 0.29) is 5.75 Å². The Labute approximate surface area is 74.6 Å². The van der Waals surface area contributed by atoms with Crippen LogP contribution >= 0.6 is 0 Å². The van der Waals surface area contributed by atoms with Gasteiger partial charge in [0.1, 0.15) is 5.75 Å². The van der Waals surface area contributed by atoms with Gasteiger partial charge in [0.25, 0.3) is 0 Å². The second-order valence-corrected chi connectivity index (χ2v) is 2.64. The molecule has 0 spiro atoms. The lowest BCUT2D eigenvalue weighted by atomic mass is 10.1. The van der Waals surface area contributed by atoms with Gasteiger partial charge in [0.15, 0.2) is 0 Å². The predicted molar refractivity (Wildman–Crippen MR) is 46.5 cm³/mol. The van der Waals surface area contributed by atoms with E-state index in [1.807, 2.05) is 0 Å². The van der Waals surface area contributed by atoms with Crippen molar-refractivity contribution in [1.29, 1.82) is 0 Å². The minimum Gasteiger partial charge on any atom is -0.507 e. The molecule has 4 heteroatoms. The first-order valence-corrected chi connectivity index (χ1v) is 3.80. The van der Waals surface area contributed by atoms with Crippen molar-refractivity contribution in [2.45, 2.75) is 0 Å². The van der Waals surface area contributed by atoms with Crippen molar-refractivity contribution in [2.24, 2.45) is 0 Å². The van der Waals surface area contributed by atoms with Crippen molar-refractivity contribution in [3.63, 3.8) is 0 Å². The van der Waals surface area contributed by atoms with Crippen LogP contribution in [0.25, 0.3) is 11.3 Å². The van der Waals surface area contributed by atoms with Gasteiger partial charge in [-0.3, -0.25) is 0 Å². The van der Waals surface area contributed by atoms with Crippen LogP contribution in [0, 0.1) is 0 Å². The zero-order chi connectivity index (χ0) is 9.26. The fourth-order valence-corrected chi connectivity index (χ4v) is 1.15. The van der Waals surface area contributed by atoms with Crippen LogP contribution in [-0.2, 0) is 0 Å². The van der Waals surface area contributed by atoms with Crippen molar-refractivity contribution in [2.75, 3.05) is 0 Å². The van der Waals surface area contributed by atoms with E-state index in [2.05, 4.69) is 5.10 Å². The molecular formula is C9H8N2O2. The van der Waals surface area contributed by atoms with E-state index in [0.29, 0.717) is 16.1 Å². The van der Waals surface area contributed by atoms with Gasteiger partial charge in [0.2, 0.25) is 0 Å². The highest BCUT2D eigenvalue weighted by Crippen LogP contribution is 2.26. The number of phenols is 1. The molecule has 2 rings (SSSR count). The summed E-state index contributed by atoms with van der Waals surface area (Å²) in [5.74, 6) is 0.154. The van der Waals surface area contributed by atoms with Crippen LogP contribution in [0.15, 0.2) is 36.5 Å². The number of hydrogen-bond donors (Lipinski definition) is 2. The van der Waals surface area contributed by atoms with Crippen LogP contribution in [0.2, 0.25) is 0 Å². The summed E-state index contributed by atoms with van der Waals surface area (Å²) in [6.07, 6.45) is 1.40. The van der Waals surface area contributed by atoms with Crippen LogP contribution in [0.3, 0.4) is 0 Å². The number of phenolic OH excluding ortho intramolecular Hbond substituents is 1. The van der Waals surface area contributed by atoms with Crippen molar-refractivity contribution in [1.82, 2.24) is 9.94 Å². The first-order valence-electron chi connectivity index (χ1n) is 3.80. The fraction of sp³-hybridized carbons (Fsp3) is 0. The average Bonchev–Trinajstić information content (AvgIpc) is 2.53. The third kappa shape index (κ3) is 1.33. The molecule has 2 N–H and O–H groups in total. The van der Waals surface area contributed by atoms with E-state index in [1.165, 1.54) is 6.20 Å². The van der Waals surface area contributed by atoms with E-state index >= 15 is 0 Å². The molecule has 0 fully saturated rings. The molecule has 0 saturated carbocycles. The molecular weight excluding hydrogens is 168 g/mol. The summed E-state index contributed by atoms with van der Waals surface area (Å²) in [6, 6.07) is 8.46. The monoisotopic (exact) mass is 176 g/mol. The SMILES string of the molecule is Oc1ccccc1-c1ccn(O)n1. The lowest BCUT2D eigenvalue weighted by Gasteiger charge is -1.98. The van der Waals surface area contributed by atoms with Gasteiger partial charge in [-0.2, -0.15) is 0 Å². The number of nitrogens with zero attached hydrogens (tertiary/aromatic N) is 2. The summed E-state index contributed by atoms with van der Waals surface area (Å²) in [6.45, 7) is 0. The Bertz CT molecular complexity index is 423. The Morgan fingerprint density at radius 2 is 1.92 bits per heavy atom. The summed E-state index contributed by atoms with van der Waals surface area (Å²) in [4.78, 5) is 0.710. The molecule has 0 radical (unpaired) electrons. The third-order valence-corrected chi connectivity index (χ3v) is 1.76. The Morgan fingerprint density at radius 1 is 1.15 bits per heavy atom. The van der Waals surface area contributed by atoms with Gasteiger partial charge in [0, 0.05) is 5.56 Å². The van der Waals surface area contributed by atoms with Crippen molar-refractivity contribution in [3.8, 4) is 17.0 Å². The summed E-state index contributed by atoms with van der Waals surface area (Å²) >= 11 is 0. The molecule has 0 aliphatic carbocycles. The molecule has 0 aliphatic heterocycles. The van der Waals surface area contributed by atoms with Crippen molar-refractivity contribution in [3.05, 3.63) is 36.5 Å². The number of benzene rings is 1. The van der Waals surface area contributed by atoms with Gasteiger partial charge in [0.05, 0.1) is 11.9 Å². The summed E-state index contributed by atoms with van der Waals surface area (Å²) < 4.78 is 0. The molecule has 0 saturated heterocycles. The maximum absolute atomic E-state index is 9.44. The van der Waals surface area contributed by atoms with Gasteiger partial charge < -0.3 is 10.3 Å². The first kappa shape index (κ1) is 7.67. The van der Waals surface area contributed by atoms with E-state index in [0.717, 1.165) is 0 Å². The van der Waals surface area contributed by atoms with E-state index in [4.69, 9.17) is 5.21 Å². The van der Waals surface area contributed by atoms with Crippen LogP contribution in [0.1, 0.15) is 0 Å². The molecule has 1 aromatic carbocycles. The van der Waals surface area contributed by atoms with Crippen LogP contribution < -0.4 is 0 Å². The first-order chi connectivity index (χ1) is 6.27. The number of rotatable bonds is 1. The van der Waals surface area contributed by atoms with Crippen LogP contribution in [0.4, 0.5) is 0 Å². The van der Waals surface area contributed by atoms with Crippen LogP contribution in [-0.4, -0.2) is 20.3 Å². The number of aromatic hydroxyl groups is 1. The van der Waals surface area contributed by atoms with Gasteiger partial charge in [-0.05, 0) is 18.2 Å². The van der Waals surface area contributed by atoms with E-state index < -0.39 is 0 Å². The lowest BCUT2D eigenvalue weighted by Crippen LogP contribution is -1.89. The molecule has 1 heterocycles. The average molecular weight is 176 g/mol. The van der Waals surface area contributed by atoms with Crippen molar-refractivity contribution >= 4 is 0 Å². The summed E-state index contributed by atoms with van der Waals surface area (Å²) in [5.41, 5.74) is 1.15. The lowest BCUT2D eigenvalue weighted by molar-refractivity contribution is 0.149. The Hall–Kier alpha value is -1.97. The van der Waals surface area contributed by atoms with Gasteiger partial charge in [-0.1, -0.05) is 12.1 Å². The van der Waals surface area contributed by atoms with Gasteiger partial charge in [-0.15, -0.1) is 9.94 Å². The number of aromatic nitrogens is 2. The highest BCUT2D eigenvalue weighted by Gasteiger charge is 2.05. The predicted octanol–water partition coefficient (Wildman–Crippen LogP) is 1.49. The fourth-order valence-electron chi connectivity index (χ4n) is 1.15. The molecule has 13 heavy (non-hydrogen) atoms. The summed E-state index contributed by atoms with van der Waals surface area (Å²) in [7, 11) is 0. The van der Waals surface area contributed by atoms with Crippen LogP contribution in [0.5, 0.6) is 5.75 Å². The summed E-state index contributed by atoms with van der Waals surface area (Å²) in [5, 5.41) is 22.1. The van der Waals surface area contributed by atoms with Crippen molar-refractivity contribution < 1.29 is 10.3 Å². The second kappa shape index (κ2) is 2.82. The highest BCUT2D eigenvalue weighted by atomic mass is 16.5. The smallest absolute Gasteiger partial charge is 0.125 e. The number of hydrogen-bond acceptors (Lipinski definition) is 3. The zero-order valence-corrected chi connectivity index (χ0v) is 6.75. The largest absolute Gasteiger partial charge is 0.507 e. The van der Waals surface area contributed by atoms with E-state index in [9.17, 15) is 5.11 Å². The molecule has 4 nitrogen and oxygen atoms in total. The van der Waals surface area contributed by atoms with E-state index in [1.54, 1.807) is 30.3 Å². The molecule has 2 aromatic rings. The highest BCUT2D eigenvalue weighted by molar-refractivity contribution is 5.65. The second-order valence-electron chi connectivity index (χ2n) is 2.64. The molecule has 0 bridgehead atoms. The molecule has 0 atom stereocenters. The molecule has 66 valence electrons. The normalized spacial score (nSPS) is 10.2. The maximum Gasteiger partial charge on any atom is 0.125 e. The Balaban J connectivity index is 2.52.